The predicted molar refractivity (Wildman–Crippen MR) is 92.2 cm³/mol. The molecule has 1 saturated heterocycles. The maximum atomic E-state index is 12.0. The lowest BCUT2D eigenvalue weighted by atomic mass is 9.96. The molecular weight excluding hydrogens is 306 g/mol. The Bertz CT molecular complexity index is 582. The summed E-state index contributed by atoms with van der Waals surface area (Å²) in [6.07, 6.45) is 5.02. The highest BCUT2D eigenvalue weighted by Crippen LogP contribution is 2.22. The number of amides is 3. The number of benzene rings is 1. The SMILES string of the molecule is Cc1ccc(N2CC(CNC(=O)NC3CCCCC3)OC2=O)cc1. The zero-order valence-electron chi connectivity index (χ0n) is 14.1. The molecule has 0 bridgehead atoms. The van der Waals surface area contributed by atoms with E-state index in [1.165, 1.54) is 19.3 Å². The number of ether oxygens (including phenoxy) is 1. The second-order valence-electron chi connectivity index (χ2n) is 6.64. The van der Waals surface area contributed by atoms with Crippen LogP contribution in [0.2, 0.25) is 0 Å². The van der Waals surface area contributed by atoms with E-state index in [2.05, 4.69) is 10.6 Å². The highest BCUT2D eigenvalue weighted by molar-refractivity contribution is 5.89. The van der Waals surface area contributed by atoms with Gasteiger partial charge in [-0.15, -0.1) is 0 Å². The second-order valence-corrected chi connectivity index (χ2v) is 6.64. The van der Waals surface area contributed by atoms with Gasteiger partial charge in [-0.25, -0.2) is 9.59 Å². The molecule has 1 saturated carbocycles. The second kappa shape index (κ2) is 7.55. The Morgan fingerprint density at radius 1 is 1.21 bits per heavy atom. The molecule has 0 radical (unpaired) electrons. The van der Waals surface area contributed by atoms with E-state index < -0.39 is 0 Å². The molecule has 1 atom stereocenters. The molecule has 2 aliphatic rings. The molecule has 3 amide bonds. The van der Waals surface area contributed by atoms with E-state index in [0.717, 1.165) is 24.1 Å². The van der Waals surface area contributed by atoms with E-state index in [1.807, 2.05) is 31.2 Å². The zero-order chi connectivity index (χ0) is 16.9. The normalized spacial score (nSPS) is 21.5. The maximum Gasteiger partial charge on any atom is 0.414 e. The molecule has 0 aromatic heterocycles. The van der Waals surface area contributed by atoms with Crippen LogP contribution in [0.4, 0.5) is 15.3 Å². The van der Waals surface area contributed by atoms with Crippen molar-refractivity contribution in [3.8, 4) is 0 Å². The Kier molecular flexibility index (Phi) is 5.23. The van der Waals surface area contributed by atoms with Crippen molar-refractivity contribution in [3.63, 3.8) is 0 Å². The quantitative estimate of drug-likeness (QED) is 0.891. The van der Waals surface area contributed by atoms with Crippen LogP contribution in [0.25, 0.3) is 0 Å². The molecular formula is C18H25N3O3. The van der Waals surface area contributed by atoms with Crippen molar-refractivity contribution in [2.75, 3.05) is 18.0 Å². The van der Waals surface area contributed by atoms with Crippen molar-refractivity contribution in [1.29, 1.82) is 0 Å². The fourth-order valence-electron chi connectivity index (χ4n) is 3.25. The molecule has 2 N–H and O–H groups in total. The van der Waals surface area contributed by atoms with E-state index in [9.17, 15) is 9.59 Å². The summed E-state index contributed by atoms with van der Waals surface area (Å²) in [5.74, 6) is 0. The van der Waals surface area contributed by atoms with Gasteiger partial charge in [0.2, 0.25) is 0 Å². The molecule has 1 unspecified atom stereocenters. The monoisotopic (exact) mass is 331 g/mol. The Labute approximate surface area is 142 Å². The van der Waals surface area contributed by atoms with Crippen molar-refractivity contribution in [2.45, 2.75) is 51.2 Å². The smallest absolute Gasteiger partial charge is 0.414 e. The lowest BCUT2D eigenvalue weighted by molar-refractivity contribution is 0.140. The van der Waals surface area contributed by atoms with Gasteiger partial charge in [0, 0.05) is 11.7 Å². The highest BCUT2D eigenvalue weighted by atomic mass is 16.6. The largest absolute Gasteiger partial charge is 0.442 e. The molecule has 130 valence electrons. The standard InChI is InChI=1S/C18H25N3O3/c1-13-7-9-15(10-8-13)21-12-16(24-18(21)23)11-19-17(22)20-14-5-3-2-4-6-14/h7-10,14,16H,2-6,11-12H2,1H3,(H2,19,20,22). The molecule has 2 fully saturated rings. The van der Waals surface area contributed by atoms with Gasteiger partial charge in [-0.05, 0) is 31.9 Å². The van der Waals surface area contributed by atoms with Crippen molar-refractivity contribution in [1.82, 2.24) is 10.6 Å². The first-order valence-corrected chi connectivity index (χ1v) is 8.71. The van der Waals surface area contributed by atoms with Crippen LogP contribution in [0.3, 0.4) is 0 Å². The Hall–Kier alpha value is -2.24. The fraction of sp³-hybridized carbons (Fsp3) is 0.556. The number of aryl methyl sites for hydroxylation is 1. The summed E-state index contributed by atoms with van der Waals surface area (Å²) in [5, 5.41) is 5.82. The van der Waals surface area contributed by atoms with Gasteiger partial charge in [0.1, 0.15) is 6.10 Å². The Balaban J connectivity index is 1.45. The number of anilines is 1. The van der Waals surface area contributed by atoms with E-state index in [-0.39, 0.29) is 24.3 Å². The molecule has 6 heteroatoms. The van der Waals surface area contributed by atoms with Crippen LogP contribution < -0.4 is 15.5 Å². The number of urea groups is 1. The number of cyclic esters (lactones) is 1. The average Bonchev–Trinajstić information content (AvgIpc) is 2.95. The summed E-state index contributed by atoms with van der Waals surface area (Å²) in [6, 6.07) is 7.84. The van der Waals surface area contributed by atoms with Crippen molar-refractivity contribution < 1.29 is 14.3 Å². The van der Waals surface area contributed by atoms with Crippen LogP contribution in [0.5, 0.6) is 0 Å². The van der Waals surface area contributed by atoms with Gasteiger partial charge in [0.05, 0.1) is 13.1 Å². The molecule has 1 aromatic rings. The summed E-state index contributed by atoms with van der Waals surface area (Å²) >= 11 is 0. The summed E-state index contributed by atoms with van der Waals surface area (Å²) in [5.41, 5.74) is 1.96. The van der Waals surface area contributed by atoms with Crippen LogP contribution in [-0.4, -0.2) is 37.4 Å². The van der Waals surface area contributed by atoms with Crippen LogP contribution in [0.15, 0.2) is 24.3 Å². The molecule has 6 nitrogen and oxygen atoms in total. The van der Waals surface area contributed by atoms with Crippen LogP contribution in [-0.2, 0) is 4.74 Å². The fourth-order valence-corrected chi connectivity index (χ4v) is 3.25. The van der Waals surface area contributed by atoms with E-state index >= 15 is 0 Å². The van der Waals surface area contributed by atoms with Gasteiger partial charge < -0.3 is 15.4 Å². The molecule has 1 heterocycles. The first-order chi connectivity index (χ1) is 11.6. The van der Waals surface area contributed by atoms with Crippen molar-refractivity contribution in [2.24, 2.45) is 0 Å². The third-order valence-electron chi connectivity index (χ3n) is 4.65. The van der Waals surface area contributed by atoms with Gasteiger partial charge in [-0.2, -0.15) is 0 Å². The van der Waals surface area contributed by atoms with Gasteiger partial charge in [-0.3, -0.25) is 4.90 Å². The minimum Gasteiger partial charge on any atom is -0.442 e. The van der Waals surface area contributed by atoms with Gasteiger partial charge >= 0.3 is 12.1 Å². The third kappa shape index (κ3) is 4.19. The molecule has 1 aliphatic carbocycles. The number of carbonyl (C=O) groups is 2. The van der Waals surface area contributed by atoms with Crippen molar-refractivity contribution >= 4 is 17.8 Å². The Morgan fingerprint density at radius 2 is 1.92 bits per heavy atom. The maximum absolute atomic E-state index is 12.0. The average molecular weight is 331 g/mol. The third-order valence-corrected chi connectivity index (χ3v) is 4.65. The Morgan fingerprint density at radius 3 is 2.62 bits per heavy atom. The predicted octanol–water partition coefficient (Wildman–Crippen LogP) is 2.95. The number of carbonyl (C=O) groups excluding carboxylic acids is 2. The topological polar surface area (TPSA) is 70.7 Å². The minimum atomic E-state index is -0.363. The minimum absolute atomic E-state index is 0.174. The summed E-state index contributed by atoms with van der Waals surface area (Å²) in [7, 11) is 0. The van der Waals surface area contributed by atoms with Gasteiger partial charge in [-0.1, -0.05) is 37.0 Å². The number of nitrogens with one attached hydrogen (secondary N) is 2. The van der Waals surface area contributed by atoms with Crippen LogP contribution >= 0.6 is 0 Å². The van der Waals surface area contributed by atoms with E-state index in [1.54, 1.807) is 4.90 Å². The number of hydrogen-bond donors (Lipinski definition) is 2. The lowest BCUT2D eigenvalue weighted by Crippen LogP contribution is -2.45. The first kappa shape index (κ1) is 16.6. The molecule has 1 aliphatic heterocycles. The van der Waals surface area contributed by atoms with Crippen molar-refractivity contribution in [3.05, 3.63) is 29.8 Å². The zero-order valence-corrected chi connectivity index (χ0v) is 14.1. The summed E-state index contributed by atoms with van der Waals surface area (Å²) < 4.78 is 5.34. The van der Waals surface area contributed by atoms with Crippen LogP contribution in [0.1, 0.15) is 37.7 Å². The molecule has 1 aromatic carbocycles. The highest BCUT2D eigenvalue weighted by Gasteiger charge is 2.32. The molecule has 24 heavy (non-hydrogen) atoms. The summed E-state index contributed by atoms with van der Waals surface area (Å²) in [6.45, 7) is 2.78. The van der Waals surface area contributed by atoms with E-state index in [0.29, 0.717) is 13.1 Å². The molecule has 0 spiro atoms. The first-order valence-electron chi connectivity index (χ1n) is 8.71. The number of rotatable bonds is 4. The van der Waals surface area contributed by atoms with E-state index in [4.69, 9.17) is 4.74 Å². The molecule has 3 rings (SSSR count). The van der Waals surface area contributed by atoms with Gasteiger partial charge in [0.15, 0.2) is 0 Å². The van der Waals surface area contributed by atoms with Gasteiger partial charge in [0.25, 0.3) is 0 Å². The number of hydrogen-bond acceptors (Lipinski definition) is 3. The summed E-state index contributed by atoms with van der Waals surface area (Å²) in [4.78, 5) is 25.6. The lowest BCUT2D eigenvalue weighted by Gasteiger charge is -2.23. The number of nitrogens with zero attached hydrogens (tertiary/aromatic N) is 1. The van der Waals surface area contributed by atoms with Crippen LogP contribution in [0, 0.1) is 6.92 Å².